The number of hydrogen-bond acceptors (Lipinski definition) is 5. The number of H-pyrrole nitrogens is 1. The SMILES string of the molecule is O=C(CCCc1nc2ccccc2c(=O)[nH]1)Nc1nc(-c2ccc3c(c2)CCC3)cs1. The van der Waals surface area contributed by atoms with Crippen molar-refractivity contribution in [2.75, 3.05) is 5.32 Å². The third kappa shape index (κ3) is 4.27. The van der Waals surface area contributed by atoms with Gasteiger partial charge in [0.1, 0.15) is 5.82 Å². The Bertz CT molecular complexity index is 1320. The van der Waals surface area contributed by atoms with E-state index in [-0.39, 0.29) is 11.5 Å². The number of thiazole rings is 1. The molecule has 1 amide bonds. The minimum Gasteiger partial charge on any atom is -0.310 e. The molecule has 4 aromatic rings. The summed E-state index contributed by atoms with van der Waals surface area (Å²) in [6, 6.07) is 13.8. The number of carbonyl (C=O) groups is 1. The second kappa shape index (κ2) is 8.43. The Morgan fingerprint density at radius 1 is 1.10 bits per heavy atom. The molecule has 0 aliphatic heterocycles. The molecular weight excluding hydrogens is 408 g/mol. The van der Waals surface area contributed by atoms with Gasteiger partial charge >= 0.3 is 0 Å². The molecule has 0 spiro atoms. The fourth-order valence-corrected chi connectivity index (χ4v) is 4.78. The zero-order chi connectivity index (χ0) is 21.2. The number of aryl methyl sites for hydroxylation is 3. The van der Waals surface area contributed by atoms with Crippen LogP contribution >= 0.6 is 11.3 Å². The van der Waals surface area contributed by atoms with Crippen molar-refractivity contribution in [2.24, 2.45) is 0 Å². The standard InChI is InChI=1S/C24H22N4O2S/c29-22(10-4-9-21-25-19-8-2-1-7-18(19)23(30)27-21)28-24-26-20(14-31-24)17-12-11-15-5-3-6-16(15)13-17/h1-2,7-8,11-14H,3-6,9-10H2,(H,25,27,30)(H,26,28,29). The third-order valence-corrected chi connectivity index (χ3v) is 6.38. The first-order valence-corrected chi connectivity index (χ1v) is 11.4. The van der Waals surface area contributed by atoms with Crippen LogP contribution in [0.3, 0.4) is 0 Å². The van der Waals surface area contributed by atoms with E-state index in [9.17, 15) is 9.59 Å². The van der Waals surface area contributed by atoms with Crippen molar-refractivity contribution in [3.8, 4) is 11.3 Å². The van der Waals surface area contributed by atoms with Gasteiger partial charge in [-0.15, -0.1) is 11.3 Å². The number of carbonyl (C=O) groups excluding carboxylic acids is 1. The molecule has 1 aliphatic rings. The van der Waals surface area contributed by atoms with Crippen LogP contribution in [0.4, 0.5) is 5.13 Å². The molecule has 6 nitrogen and oxygen atoms in total. The van der Waals surface area contributed by atoms with Crippen molar-refractivity contribution >= 4 is 33.3 Å². The first-order valence-electron chi connectivity index (χ1n) is 10.5. The lowest BCUT2D eigenvalue weighted by molar-refractivity contribution is -0.116. The molecule has 7 heteroatoms. The number of fused-ring (bicyclic) bond motifs is 2. The van der Waals surface area contributed by atoms with Crippen LogP contribution in [0.25, 0.3) is 22.2 Å². The number of hydrogen-bond donors (Lipinski definition) is 2. The first kappa shape index (κ1) is 19.6. The second-order valence-corrected chi connectivity index (χ2v) is 8.66. The maximum atomic E-state index is 12.3. The summed E-state index contributed by atoms with van der Waals surface area (Å²) >= 11 is 1.44. The summed E-state index contributed by atoms with van der Waals surface area (Å²) in [6.45, 7) is 0. The van der Waals surface area contributed by atoms with Gasteiger partial charge in [-0.25, -0.2) is 9.97 Å². The van der Waals surface area contributed by atoms with E-state index >= 15 is 0 Å². The van der Waals surface area contributed by atoms with Crippen LogP contribution in [-0.2, 0) is 24.1 Å². The fourth-order valence-electron chi connectivity index (χ4n) is 4.05. The van der Waals surface area contributed by atoms with Crippen LogP contribution < -0.4 is 10.9 Å². The molecule has 2 N–H and O–H groups in total. The van der Waals surface area contributed by atoms with E-state index in [2.05, 4.69) is 38.5 Å². The Labute approximate surface area is 183 Å². The van der Waals surface area contributed by atoms with Crippen LogP contribution in [0.1, 0.15) is 36.2 Å². The van der Waals surface area contributed by atoms with E-state index in [1.54, 1.807) is 6.07 Å². The second-order valence-electron chi connectivity index (χ2n) is 7.81. The molecule has 1 aliphatic carbocycles. The zero-order valence-electron chi connectivity index (χ0n) is 17.0. The molecule has 5 rings (SSSR count). The normalized spacial score (nSPS) is 12.8. The topological polar surface area (TPSA) is 87.7 Å². The third-order valence-electron chi connectivity index (χ3n) is 5.62. The average molecular weight is 431 g/mol. The summed E-state index contributed by atoms with van der Waals surface area (Å²) in [5.41, 5.74) is 5.38. The van der Waals surface area contributed by atoms with E-state index in [0.29, 0.717) is 41.1 Å². The highest BCUT2D eigenvalue weighted by Gasteiger charge is 2.14. The summed E-state index contributed by atoms with van der Waals surface area (Å²) in [4.78, 5) is 36.4. The molecule has 2 aromatic heterocycles. The van der Waals surface area contributed by atoms with E-state index in [1.165, 1.54) is 28.9 Å². The zero-order valence-corrected chi connectivity index (χ0v) is 17.8. The predicted molar refractivity (Wildman–Crippen MR) is 124 cm³/mol. The highest BCUT2D eigenvalue weighted by Crippen LogP contribution is 2.30. The van der Waals surface area contributed by atoms with Crippen LogP contribution in [-0.4, -0.2) is 20.9 Å². The van der Waals surface area contributed by atoms with E-state index in [0.717, 1.165) is 24.1 Å². The maximum Gasteiger partial charge on any atom is 0.258 e. The van der Waals surface area contributed by atoms with Gasteiger partial charge in [-0.2, -0.15) is 0 Å². The summed E-state index contributed by atoms with van der Waals surface area (Å²) in [5.74, 6) is 0.516. The number of aromatic amines is 1. The molecule has 0 fully saturated rings. The number of aromatic nitrogens is 3. The van der Waals surface area contributed by atoms with Gasteiger partial charge in [0.15, 0.2) is 5.13 Å². The number of para-hydroxylation sites is 1. The van der Waals surface area contributed by atoms with Crippen LogP contribution in [0.2, 0.25) is 0 Å². The van der Waals surface area contributed by atoms with Crippen molar-refractivity contribution in [3.05, 3.63) is 75.1 Å². The van der Waals surface area contributed by atoms with Gasteiger partial charge in [-0.05, 0) is 55.0 Å². The molecule has 0 saturated heterocycles. The van der Waals surface area contributed by atoms with Gasteiger partial charge in [0.2, 0.25) is 5.91 Å². The smallest absolute Gasteiger partial charge is 0.258 e. The van der Waals surface area contributed by atoms with Gasteiger partial charge in [-0.3, -0.25) is 9.59 Å². The molecule has 2 aromatic carbocycles. The Kier molecular flexibility index (Phi) is 5.34. The summed E-state index contributed by atoms with van der Waals surface area (Å²) in [6.07, 6.45) is 4.98. The van der Waals surface area contributed by atoms with E-state index in [4.69, 9.17) is 0 Å². The van der Waals surface area contributed by atoms with E-state index < -0.39 is 0 Å². The molecule has 0 unspecified atom stereocenters. The lowest BCUT2D eigenvalue weighted by atomic mass is 10.1. The Morgan fingerprint density at radius 3 is 2.90 bits per heavy atom. The van der Waals surface area contributed by atoms with Crippen molar-refractivity contribution in [3.63, 3.8) is 0 Å². The Morgan fingerprint density at radius 2 is 1.97 bits per heavy atom. The quantitative estimate of drug-likeness (QED) is 0.472. The number of amides is 1. The maximum absolute atomic E-state index is 12.3. The average Bonchev–Trinajstić information content (AvgIpc) is 3.42. The van der Waals surface area contributed by atoms with Crippen LogP contribution in [0, 0.1) is 0 Å². The first-order chi connectivity index (χ1) is 15.2. The van der Waals surface area contributed by atoms with Gasteiger partial charge in [-0.1, -0.05) is 24.3 Å². The van der Waals surface area contributed by atoms with Crippen molar-refractivity contribution in [2.45, 2.75) is 38.5 Å². The number of nitrogens with one attached hydrogen (secondary N) is 2. The minimum absolute atomic E-state index is 0.0852. The number of nitrogens with zero attached hydrogens (tertiary/aromatic N) is 2. The summed E-state index contributed by atoms with van der Waals surface area (Å²) in [7, 11) is 0. The minimum atomic E-state index is -0.146. The molecule has 31 heavy (non-hydrogen) atoms. The largest absolute Gasteiger partial charge is 0.310 e. The highest BCUT2D eigenvalue weighted by atomic mass is 32.1. The molecular formula is C24H22N4O2S. The lowest BCUT2D eigenvalue weighted by Crippen LogP contribution is -2.14. The Balaban J connectivity index is 1.18. The van der Waals surface area contributed by atoms with Gasteiger partial charge in [0.25, 0.3) is 5.56 Å². The monoisotopic (exact) mass is 430 g/mol. The number of benzene rings is 2. The van der Waals surface area contributed by atoms with Crippen molar-refractivity contribution < 1.29 is 4.79 Å². The number of rotatable bonds is 6. The van der Waals surface area contributed by atoms with Gasteiger partial charge in [0, 0.05) is 23.8 Å². The lowest BCUT2D eigenvalue weighted by Gasteiger charge is -2.04. The molecule has 0 bridgehead atoms. The molecule has 156 valence electrons. The van der Waals surface area contributed by atoms with Crippen LogP contribution in [0.5, 0.6) is 0 Å². The van der Waals surface area contributed by atoms with Gasteiger partial charge in [0.05, 0.1) is 16.6 Å². The molecule has 2 heterocycles. The summed E-state index contributed by atoms with van der Waals surface area (Å²) < 4.78 is 0. The van der Waals surface area contributed by atoms with Gasteiger partial charge < -0.3 is 10.3 Å². The fraction of sp³-hybridized carbons (Fsp3) is 0.250. The predicted octanol–water partition coefficient (Wildman–Crippen LogP) is 4.50. The molecule has 0 atom stereocenters. The molecule has 0 radical (unpaired) electrons. The molecule has 0 saturated carbocycles. The Hall–Kier alpha value is -3.32. The van der Waals surface area contributed by atoms with Crippen LogP contribution in [0.15, 0.2) is 52.6 Å². The summed E-state index contributed by atoms with van der Waals surface area (Å²) in [5, 5.41) is 6.05. The van der Waals surface area contributed by atoms with Crippen molar-refractivity contribution in [1.82, 2.24) is 15.0 Å². The highest BCUT2D eigenvalue weighted by molar-refractivity contribution is 7.14. The van der Waals surface area contributed by atoms with E-state index in [1.807, 2.05) is 23.6 Å². The van der Waals surface area contributed by atoms with Crippen molar-refractivity contribution in [1.29, 1.82) is 0 Å². The number of anilines is 1.